The Labute approximate surface area is 183 Å². The minimum absolute atomic E-state index is 0.0458. The van der Waals surface area contributed by atoms with Gasteiger partial charge in [0.15, 0.2) is 5.78 Å². The maximum atomic E-state index is 15.4. The lowest BCUT2D eigenvalue weighted by Crippen LogP contribution is -2.51. The number of fused-ring (bicyclic) bond motifs is 1. The van der Waals surface area contributed by atoms with E-state index >= 15 is 4.39 Å². The van der Waals surface area contributed by atoms with E-state index in [-0.39, 0.29) is 24.7 Å². The second-order valence-corrected chi connectivity index (χ2v) is 9.63. The number of carbonyl (C=O) groups is 1. The third kappa shape index (κ3) is 5.16. The number of aliphatic hydroxyl groups is 1. The standard InChI is InChI=1S/C24H34FN3O3/c1-18(2)28-16-19-4-3-5-20(22(19)26-28)21(29)6-7-23(25)8-12-27(13-9-23)17-24(30)10-14-31-15-11-24/h3-5,16,18,30H,6-15,17H2,1-2H3. The van der Waals surface area contributed by atoms with Crippen molar-refractivity contribution >= 4 is 16.7 Å². The van der Waals surface area contributed by atoms with Crippen LogP contribution in [-0.4, -0.2) is 69.7 Å². The van der Waals surface area contributed by atoms with Crippen molar-refractivity contribution in [1.82, 2.24) is 14.7 Å². The normalized spacial score (nSPS) is 21.6. The van der Waals surface area contributed by atoms with Crippen molar-refractivity contribution in [3.05, 3.63) is 30.0 Å². The van der Waals surface area contributed by atoms with E-state index in [2.05, 4.69) is 10.00 Å². The number of piperidine rings is 1. The van der Waals surface area contributed by atoms with E-state index in [0.29, 0.717) is 69.6 Å². The lowest BCUT2D eigenvalue weighted by molar-refractivity contribution is -0.0876. The van der Waals surface area contributed by atoms with Crippen LogP contribution in [0.15, 0.2) is 24.4 Å². The number of ketones is 1. The van der Waals surface area contributed by atoms with Crippen LogP contribution in [0.2, 0.25) is 0 Å². The molecule has 0 atom stereocenters. The van der Waals surface area contributed by atoms with Gasteiger partial charge >= 0.3 is 0 Å². The zero-order chi connectivity index (χ0) is 22.1. The summed E-state index contributed by atoms with van der Waals surface area (Å²) in [4.78, 5) is 15.1. The molecule has 3 heterocycles. The highest BCUT2D eigenvalue weighted by molar-refractivity contribution is 6.06. The summed E-state index contributed by atoms with van der Waals surface area (Å²) in [6.45, 7) is 7.07. The third-order valence-corrected chi connectivity index (χ3v) is 6.88. The van der Waals surface area contributed by atoms with Crippen molar-refractivity contribution in [3.8, 4) is 0 Å². The summed E-state index contributed by atoms with van der Waals surface area (Å²) >= 11 is 0. The third-order valence-electron chi connectivity index (χ3n) is 6.88. The van der Waals surface area contributed by atoms with Crippen LogP contribution in [0.5, 0.6) is 0 Å². The number of β-amino-alcohol motifs (C(OH)–C–C–N with tert-alkyl or cyclic N) is 1. The van der Waals surface area contributed by atoms with Crippen LogP contribution in [0.25, 0.3) is 10.9 Å². The highest BCUT2D eigenvalue weighted by Crippen LogP contribution is 2.33. The van der Waals surface area contributed by atoms with Gasteiger partial charge in [-0.3, -0.25) is 9.48 Å². The van der Waals surface area contributed by atoms with Gasteiger partial charge in [-0.1, -0.05) is 12.1 Å². The number of Topliss-reactive ketones (excluding diaryl/α,β-unsaturated/α-hetero) is 1. The summed E-state index contributed by atoms with van der Waals surface area (Å²) in [5.41, 5.74) is -0.758. The molecule has 4 rings (SSSR count). The fourth-order valence-electron chi connectivity index (χ4n) is 4.71. The summed E-state index contributed by atoms with van der Waals surface area (Å²) in [6.07, 6.45) is 4.45. The van der Waals surface area contributed by atoms with Crippen LogP contribution in [-0.2, 0) is 4.74 Å². The van der Waals surface area contributed by atoms with E-state index in [4.69, 9.17) is 4.74 Å². The molecule has 0 aliphatic carbocycles. The van der Waals surface area contributed by atoms with E-state index in [1.165, 1.54) is 0 Å². The summed E-state index contributed by atoms with van der Waals surface area (Å²) < 4.78 is 22.6. The van der Waals surface area contributed by atoms with Crippen molar-refractivity contribution in [3.63, 3.8) is 0 Å². The van der Waals surface area contributed by atoms with Gasteiger partial charge < -0.3 is 14.7 Å². The zero-order valence-corrected chi connectivity index (χ0v) is 18.6. The molecule has 2 saturated heterocycles. The molecule has 2 aliphatic rings. The average Bonchev–Trinajstić information content (AvgIpc) is 3.19. The fourth-order valence-corrected chi connectivity index (χ4v) is 4.71. The molecule has 2 aliphatic heterocycles. The highest BCUT2D eigenvalue weighted by Gasteiger charge is 2.38. The van der Waals surface area contributed by atoms with E-state index in [0.717, 1.165) is 5.39 Å². The number of hydrogen-bond acceptors (Lipinski definition) is 5. The van der Waals surface area contributed by atoms with Gasteiger partial charge in [0.05, 0.1) is 5.60 Å². The molecule has 0 unspecified atom stereocenters. The van der Waals surface area contributed by atoms with Crippen LogP contribution < -0.4 is 0 Å². The Morgan fingerprint density at radius 3 is 2.61 bits per heavy atom. The second kappa shape index (κ2) is 8.96. The van der Waals surface area contributed by atoms with Crippen LogP contribution >= 0.6 is 0 Å². The highest BCUT2D eigenvalue weighted by atomic mass is 19.1. The predicted molar refractivity (Wildman–Crippen MR) is 118 cm³/mol. The van der Waals surface area contributed by atoms with Crippen LogP contribution in [0.1, 0.15) is 68.8 Å². The molecular formula is C24H34FN3O3. The Morgan fingerprint density at radius 1 is 1.23 bits per heavy atom. The Morgan fingerprint density at radius 2 is 1.94 bits per heavy atom. The lowest BCUT2D eigenvalue weighted by Gasteiger charge is -2.41. The van der Waals surface area contributed by atoms with Crippen LogP contribution in [0.3, 0.4) is 0 Å². The van der Waals surface area contributed by atoms with E-state index in [9.17, 15) is 9.90 Å². The molecule has 6 nitrogen and oxygen atoms in total. The summed E-state index contributed by atoms with van der Waals surface area (Å²) in [5.74, 6) is -0.0458. The number of nitrogens with zero attached hydrogens (tertiary/aromatic N) is 3. The number of likely N-dealkylation sites (tertiary alicyclic amines) is 1. The van der Waals surface area contributed by atoms with Gasteiger partial charge in [-0.2, -0.15) is 5.10 Å². The van der Waals surface area contributed by atoms with Crippen LogP contribution in [0.4, 0.5) is 4.39 Å². The zero-order valence-electron chi connectivity index (χ0n) is 18.6. The van der Waals surface area contributed by atoms with E-state index in [1.807, 2.05) is 36.9 Å². The smallest absolute Gasteiger partial charge is 0.165 e. The van der Waals surface area contributed by atoms with Crippen molar-refractivity contribution in [2.75, 3.05) is 32.8 Å². The molecule has 0 saturated carbocycles. The first-order valence-electron chi connectivity index (χ1n) is 11.5. The maximum absolute atomic E-state index is 15.4. The minimum Gasteiger partial charge on any atom is -0.388 e. The summed E-state index contributed by atoms with van der Waals surface area (Å²) in [5, 5.41) is 16.2. The molecule has 1 aromatic carbocycles. The molecule has 31 heavy (non-hydrogen) atoms. The van der Waals surface area contributed by atoms with Crippen molar-refractivity contribution in [1.29, 1.82) is 0 Å². The Bertz CT molecular complexity index is 912. The minimum atomic E-state index is -1.32. The van der Waals surface area contributed by atoms with Crippen molar-refractivity contribution < 1.29 is 19.0 Å². The Hall–Kier alpha value is -1.83. The number of halogens is 1. The number of aromatic nitrogens is 2. The lowest BCUT2D eigenvalue weighted by atomic mass is 9.86. The molecule has 0 bridgehead atoms. The van der Waals surface area contributed by atoms with Crippen molar-refractivity contribution in [2.24, 2.45) is 0 Å². The largest absolute Gasteiger partial charge is 0.388 e. The molecule has 0 amide bonds. The quantitative estimate of drug-likeness (QED) is 0.673. The number of carbonyl (C=O) groups excluding carboxylic acids is 1. The van der Waals surface area contributed by atoms with E-state index < -0.39 is 11.3 Å². The molecule has 0 spiro atoms. The van der Waals surface area contributed by atoms with E-state index in [1.54, 1.807) is 6.07 Å². The molecule has 170 valence electrons. The predicted octanol–water partition coefficient (Wildman–Crippen LogP) is 3.93. The molecule has 1 aromatic heterocycles. The number of benzene rings is 1. The first-order valence-corrected chi connectivity index (χ1v) is 11.5. The Balaban J connectivity index is 1.33. The first kappa shape index (κ1) is 22.4. The molecule has 7 heteroatoms. The van der Waals surface area contributed by atoms with Gasteiger partial charge in [0.2, 0.25) is 0 Å². The number of alkyl halides is 1. The van der Waals surface area contributed by atoms with Gasteiger partial charge in [0, 0.05) is 75.3 Å². The van der Waals surface area contributed by atoms with Gasteiger partial charge in [0.1, 0.15) is 11.2 Å². The first-order chi connectivity index (χ1) is 14.8. The maximum Gasteiger partial charge on any atom is 0.165 e. The van der Waals surface area contributed by atoms with Gasteiger partial charge in [-0.15, -0.1) is 0 Å². The topological polar surface area (TPSA) is 67.6 Å². The monoisotopic (exact) mass is 431 g/mol. The van der Waals surface area contributed by atoms with Crippen LogP contribution in [0, 0.1) is 0 Å². The molecule has 2 fully saturated rings. The average molecular weight is 432 g/mol. The molecule has 1 N–H and O–H groups in total. The molecular weight excluding hydrogens is 397 g/mol. The second-order valence-electron chi connectivity index (χ2n) is 9.63. The number of ether oxygens (including phenoxy) is 1. The molecule has 0 radical (unpaired) electrons. The fraction of sp³-hybridized carbons (Fsp3) is 0.667. The van der Waals surface area contributed by atoms with Gasteiger partial charge in [0.25, 0.3) is 0 Å². The Kier molecular flexibility index (Phi) is 6.47. The summed E-state index contributed by atoms with van der Waals surface area (Å²) in [6, 6.07) is 5.84. The van der Waals surface area contributed by atoms with Gasteiger partial charge in [-0.25, -0.2) is 4.39 Å². The van der Waals surface area contributed by atoms with Crippen molar-refractivity contribution in [2.45, 2.75) is 69.7 Å². The SMILES string of the molecule is CC(C)n1cc2cccc(C(=O)CCC3(F)CCN(CC4(O)CCOCC4)CC3)c2n1. The number of hydrogen-bond donors (Lipinski definition) is 1. The molecule has 2 aromatic rings. The van der Waals surface area contributed by atoms with Gasteiger partial charge in [-0.05, 0) is 39.2 Å². The summed E-state index contributed by atoms with van der Waals surface area (Å²) in [7, 11) is 0. The number of rotatable bonds is 7.